The van der Waals surface area contributed by atoms with E-state index in [0.717, 1.165) is 49.6 Å². The lowest BCUT2D eigenvalue weighted by molar-refractivity contribution is 0.123. The van der Waals surface area contributed by atoms with Crippen molar-refractivity contribution in [3.8, 4) is 0 Å². The van der Waals surface area contributed by atoms with Crippen LogP contribution in [0.25, 0.3) is 0 Å². The van der Waals surface area contributed by atoms with Crippen LogP contribution < -0.4 is 5.32 Å². The Balaban J connectivity index is 1.71. The first-order valence-corrected chi connectivity index (χ1v) is 7.92. The van der Waals surface area contributed by atoms with Crippen molar-refractivity contribution in [2.45, 2.75) is 39.8 Å². The van der Waals surface area contributed by atoms with E-state index in [0.29, 0.717) is 6.61 Å². The number of nitrogens with one attached hydrogen (secondary N) is 1. The molecular weight excluding hydrogens is 272 g/mol. The number of rotatable bonds is 9. The Morgan fingerprint density at radius 2 is 2.35 bits per heavy atom. The van der Waals surface area contributed by atoms with E-state index in [2.05, 4.69) is 17.2 Å². The quantitative estimate of drug-likeness (QED) is 0.721. The van der Waals surface area contributed by atoms with Crippen molar-refractivity contribution in [3.05, 3.63) is 39.7 Å². The number of ether oxygens (including phenoxy) is 1. The molecule has 0 spiro atoms. The van der Waals surface area contributed by atoms with Gasteiger partial charge in [-0.15, -0.1) is 11.3 Å². The second kappa shape index (κ2) is 8.19. The minimum Gasteiger partial charge on any atom is -0.468 e. The van der Waals surface area contributed by atoms with E-state index < -0.39 is 0 Å². The Bertz CT molecular complexity index is 507. The third-order valence-corrected chi connectivity index (χ3v) is 4.12. The van der Waals surface area contributed by atoms with Gasteiger partial charge in [-0.25, -0.2) is 4.98 Å². The Hall–Kier alpha value is -1.17. The summed E-state index contributed by atoms with van der Waals surface area (Å²) < 4.78 is 11.2. The maximum Gasteiger partial charge on any atom is 0.123 e. The molecule has 0 amide bonds. The van der Waals surface area contributed by atoms with Crippen molar-refractivity contribution in [1.82, 2.24) is 10.3 Å². The summed E-state index contributed by atoms with van der Waals surface area (Å²) >= 11 is 1.69. The summed E-state index contributed by atoms with van der Waals surface area (Å²) in [4.78, 5) is 5.55. The van der Waals surface area contributed by atoms with Crippen LogP contribution in [0, 0.1) is 6.92 Å². The molecule has 0 bridgehead atoms. The molecule has 0 aliphatic heterocycles. The van der Waals surface area contributed by atoms with Crippen LogP contribution in [0.1, 0.15) is 35.2 Å². The van der Waals surface area contributed by atoms with Crippen LogP contribution >= 0.6 is 11.3 Å². The molecule has 110 valence electrons. The van der Waals surface area contributed by atoms with Crippen molar-refractivity contribution in [2.24, 2.45) is 0 Å². The first-order valence-electron chi connectivity index (χ1n) is 7.04. The highest BCUT2D eigenvalue weighted by atomic mass is 32.1. The van der Waals surface area contributed by atoms with Crippen molar-refractivity contribution in [2.75, 3.05) is 13.2 Å². The van der Waals surface area contributed by atoms with Gasteiger partial charge >= 0.3 is 0 Å². The fourth-order valence-corrected chi connectivity index (χ4v) is 2.71. The monoisotopic (exact) mass is 294 g/mol. The highest BCUT2D eigenvalue weighted by molar-refractivity contribution is 7.09. The van der Waals surface area contributed by atoms with Crippen molar-refractivity contribution < 1.29 is 9.15 Å². The van der Waals surface area contributed by atoms with Gasteiger partial charge in [0.2, 0.25) is 0 Å². The summed E-state index contributed by atoms with van der Waals surface area (Å²) in [5.74, 6) is 0.979. The van der Waals surface area contributed by atoms with Crippen molar-refractivity contribution in [1.29, 1.82) is 0 Å². The normalized spacial score (nSPS) is 11.1. The van der Waals surface area contributed by atoms with E-state index in [1.165, 1.54) is 4.88 Å². The SMILES string of the molecule is CCCNCc1occc1COCCc1scnc1C. The fraction of sp³-hybridized carbons (Fsp3) is 0.533. The fourth-order valence-electron chi connectivity index (χ4n) is 1.94. The molecule has 1 N–H and O–H groups in total. The van der Waals surface area contributed by atoms with Crippen LogP contribution in [0.2, 0.25) is 0 Å². The van der Waals surface area contributed by atoms with Gasteiger partial charge < -0.3 is 14.5 Å². The lowest BCUT2D eigenvalue weighted by Gasteiger charge is -2.05. The second-order valence-corrected chi connectivity index (χ2v) is 5.65. The van der Waals surface area contributed by atoms with Crippen LogP contribution in [-0.2, 0) is 24.3 Å². The predicted octanol–water partition coefficient (Wildman–Crippen LogP) is 3.30. The van der Waals surface area contributed by atoms with Crippen molar-refractivity contribution in [3.63, 3.8) is 0 Å². The lowest BCUT2D eigenvalue weighted by Crippen LogP contribution is -2.14. The van der Waals surface area contributed by atoms with Crippen LogP contribution in [-0.4, -0.2) is 18.1 Å². The van der Waals surface area contributed by atoms with Gasteiger partial charge in [0.05, 0.1) is 37.2 Å². The lowest BCUT2D eigenvalue weighted by atomic mass is 10.2. The Morgan fingerprint density at radius 1 is 1.45 bits per heavy atom. The van der Waals surface area contributed by atoms with Crippen LogP contribution in [0.15, 0.2) is 22.3 Å². The Labute approximate surface area is 124 Å². The summed E-state index contributed by atoms with van der Waals surface area (Å²) in [6.07, 6.45) is 3.79. The van der Waals surface area contributed by atoms with Gasteiger partial charge in [-0.05, 0) is 26.0 Å². The Kier molecular flexibility index (Phi) is 6.24. The average molecular weight is 294 g/mol. The highest BCUT2D eigenvalue weighted by Gasteiger charge is 2.06. The molecule has 2 heterocycles. The van der Waals surface area contributed by atoms with Gasteiger partial charge in [0.25, 0.3) is 0 Å². The van der Waals surface area contributed by atoms with E-state index in [-0.39, 0.29) is 0 Å². The zero-order valence-corrected chi connectivity index (χ0v) is 13.0. The number of aromatic nitrogens is 1. The molecule has 0 aromatic carbocycles. The maximum absolute atomic E-state index is 5.74. The molecule has 4 nitrogen and oxygen atoms in total. The molecular formula is C15H22N2O2S. The molecule has 0 aliphatic rings. The summed E-state index contributed by atoms with van der Waals surface area (Å²) in [7, 11) is 0. The Morgan fingerprint density at radius 3 is 3.10 bits per heavy atom. The maximum atomic E-state index is 5.74. The molecule has 0 atom stereocenters. The minimum atomic E-state index is 0.609. The summed E-state index contributed by atoms with van der Waals surface area (Å²) in [6.45, 7) is 7.30. The molecule has 0 radical (unpaired) electrons. The molecule has 5 heteroatoms. The van der Waals surface area contributed by atoms with Crippen LogP contribution in [0.5, 0.6) is 0 Å². The van der Waals surface area contributed by atoms with Gasteiger partial charge in [0, 0.05) is 16.9 Å². The van der Waals surface area contributed by atoms with Gasteiger partial charge in [-0.2, -0.15) is 0 Å². The molecule has 0 saturated carbocycles. The molecule has 2 rings (SSSR count). The van der Waals surface area contributed by atoms with E-state index in [4.69, 9.17) is 9.15 Å². The van der Waals surface area contributed by atoms with Gasteiger partial charge in [-0.1, -0.05) is 6.92 Å². The summed E-state index contributed by atoms with van der Waals surface area (Å²) in [5.41, 5.74) is 4.14. The summed E-state index contributed by atoms with van der Waals surface area (Å²) in [5, 5.41) is 3.34. The molecule has 0 fully saturated rings. The van der Waals surface area contributed by atoms with E-state index in [1.807, 2.05) is 18.5 Å². The van der Waals surface area contributed by atoms with Crippen LogP contribution in [0.3, 0.4) is 0 Å². The first kappa shape index (κ1) is 15.2. The average Bonchev–Trinajstić information content (AvgIpc) is 3.05. The largest absolute Gasteiger partial charge is 0.468 e. The van der Waals surface area contributed by atoms with Gasteiger partial charge in [0.15, 0.2) is 0 Å². The number of hydrogen-bond donors (Lipinski definition) is 1. The van der Waals surface area contributed by atoms with E-state index in [1.54, 1.807) is 17.6 Å². The number of hydrogen-bond acceptors (Lipinski definition) is 5. The van der Waals surface area contributed by atoms with Gasteiger partial charge in [-0.3, -0.25) is 0 Å². The third kappa shape index (κ3) is 4.44. The molecule has 0 aliphatic carbocycles. The molecule has 2 aromatic heterocycles. The molecule has 0 saturated heterocycles. The predicted molar refractivity (Wildman–Crippen MR) is 80.9 cm³/mol. The number of nitrogens with zero attached hydrogens (tertiary/aromatic N) is 1. The third-order valence-electron chi connectivity index (χ3n) is 3.13. The van der Waals surface area contributed by atoms with Crippen LogP contribution in [0.4, 0.5) is 0 Å². The highest BCUT2D eigenvalue weighted by Crippen LogP contribution is 2.14. The zero-order chi connectivity index (χ0) is 14.2. The van der Waals surface area contributed by atoms with Crippen molar-refractivity contribution >= 4 is 11.3 Å². The second-order valence-electron chi connectivity index (χ2n) is 4.71. The first-order chi connectivity index (χ1) is 9.81. The number of furan rings is 1. The summed E-state index contributed by atoms with van der Waals surface area (Å²) in [6, 6.07) is 1.99. The molecule has 2 aromatic rings. The smallest absolute Gasteiger partial charge is 0.123 e. The number of aryl methyl sites for hydroxylation is 1. The zero-order valence-electron chi connectivity index (χ0n) is 12.1. The number of thiazole rings is 1. The topological polar surface area (TPSA) is 47.3 Å². The van der Waals surface area contributed by atoms with E-state index in [9.17, 15) is 0 Å². The molecule has 20 heavy (non-hydrogen) atoms. The molecule has 0 unspecified atom stereocenters. The van der Waals surface area contributed by atoms with E-state index >= 15 is 0 Å². The standard InChI is InChI=1S/C15H22N2O2S/c1-3-6-16-9-14-13(4-8-19-14)10-18-7-5-15-12(2)17-11-20-15/h4,8,11,16H,3,5-7,9-10H2,1-2H3. The minimum absolute atomic E-state index is 0.609. The van der Waals surface area contributed by atoms with Gasteiger partial charge in [0.1, 0.15) is 5.76 Å².